The van der Waals surface area contributed by atoms with Crippen molar-refractivity contribution in [2.45, 2.75) is 19.8 Å². The topological polar surface area (TPSA) is 26.3 Å². The molecule has 0 fully saturated rings. The molecule has 74 valence electrons. The fourth-order valence-electron chi connectivity index (χ4n) is 1.80. The van der Waals surface area contributed by atoms with Crippen LogP contribution in [0.5, 0.6) is 5.75 Å². The quantitative estimate of drug-likeness (QED) is 0.667. The van der Waals surface area contributed by atoms with E-state index < -0.39 is 0 Å². The van der Waals surface area contributed by atoms with Crippen LogP contribution in [0.4, 0.5) is 0 Å². The Bertz CT molecular complexity index is 385. The third kappa shape index (κ3) is 1.40. The van der Waals surface area contributed by atoms with Gasteiger partial charge in [-0.25, -0.2) is 0 Å². The molecule has 2 rings (SSSR count). The number of benzene rings is 1. The van der Waals surface area contributed by atoms with Crippen molar-refractivity contribution in [3.63, 3.8) is 0 Å². The van der Waals surface area contributed by atoms with Gasteiger partial charge in [0.2, 0.25) is 0 Å². The molecule has 0 amide bonds. The third-order valence-corrected chi connectivity index (χ3v) is 2.88. The highest BCUT2D eigenvalue weighted by atomic mass is 35.5. The summed E-state index contributed by atoms with van der Waals surface area (Å²) in [5.41, 5.74) is 2.75. The molecule has 0 N–H and O–H groups in total. The first kappa shape index (κ1) is 9.53. The van der Waals surface area contributed by atoms with Gasteiger partial charge in [0.05, 0.1) is 11.6 Å². The van der Waals surface area contributed by atoms with Gasteiger partial charge < -0.3 is 4.74 Å². The van der Waals surface area contributed by atoms with Crippen molar-refractivity contribution >= 4 is 17.9 Å². The van der Waals surface area contributed by atoms with E-state index in [4.69, 9.17) is 16.3 Å². The largest absolute Gasteiger partial charge is 0.492 e. The number of ether oxygens (including phenoxy) is 1. The van der Waals surface area contributed by atoms with Crippen molar-refractivity contribution in [1.29, 1.82) is 0 Å². The fourth-order valence-corrected chi connectivity index (χ4v) is 2.09. The van der Waals surface area contributed by atoms with Crippen LogP contribution in [0.25, 0.3) is 0 Å². The lowest BCUT2D eigenvalue weighted by molar-refractivity contribution is 0.112. The summed E-state index contributed by atoms with van der Waals surface area (Å²) in [6, 6.07) is 1.67. The maximum Gasteiger partial charge on any atom is 0.150 e. The van der Waals surface area contributed by atoms with Gasteiger partial charge >= 0.3 is 0 Å². The third-order valence-electron chi connectivity index (χ3n) is 2.60. The maximum absolute atomic E-state index is 10.8. The zero-order valence-electron chi connectivity index (χ0n) is 7.97. The van der Waals surface area contributed by atoms with Gasteiger partial charge in [-0.3, -0.25) is 4.79 Å². The van der Waals surface area contributed by atoms with Crippen molar-refractivity contribution in [3.05, 3.63) is 27.8 Å². The Labute approximate surface area is 87.8 Å². The molecule has 1 aliphatic heterocycles. The summed E-state index contributed by atoms with van der Waals surface area (Å²) in [4.78, 5) is 10.8. The van der Waals surface area contributed by atoms with Crippen molar-refractivity contribution in [2.75, 3.05) is 6.61 Å². The molecule has 0 saturated heterocycles. The zero-order valence-corrected chi connectivity index (χ0v) is 8.73. The highest BCUT2D eigenvalue weighted by Gasteiger charge is 2.18. The number of fused-ring (bicyclic) bond motifs is 1. The first-order valence-electron chi connectivity index (χ1n) is 4.64. The monoisotopic (exact) mass is 210 g/mol. The van der Waals surface area contributed by atoms with E-state index in [-0.39, 0.29) is 0 Å². The Hall–Kier alpha value is -1.02. The predicted molar refractivity (Wildman–Crippen MR) is 55.4 cm³/mol. The van der Waals surface area contributed by atoms with Gasteiger partial charge in [-0.15, -0.1) is 0 Å². The molecular formula is C11H11ClO2. The Kier molecular flexibility index (Phi) is 2.46. The molecule has 0 spiro atoms. The van der Waals surface area contributed by atoms with Gasteiger partial charge in [0, 0.05) is 5.56 Å². The molecule has 0 unspecified atom stereocenters. The van der Waals surface area contributed by atoms with E-state index in [9.17, 15) is 4.79 Å². The molecule has 0 aliphatic carbocycles. The average Bonchev–Trinajstić information content (AvgIpc) is 2.23. The Morgan fingerprint density at radius 2 is 2.36 bits per heavy atom. The smallest absolute Gasteiger partial charge is 0.150 e. The molecule has 0 saturated carbocycles. The lowest BCUT2D eigenvalue weighted by Gasteiger charge is -2.21. The number of carbonyl (C=O) groups excluding carboxylic acids is 1. The van der Waals surface area contributed by atoms with E-state index >= 15 is 0 Å². The van der Waals surface area contributed by atoms with Crippen LogP contribution in [0.1, 0.15) is 27.9 Å². The zero-order chi connectivity index (χ0) is 10.1. The van der Waals surface area contributed by atoms with E-state index in [1.54, 1.807) is 6.07 Å². The van der Waals surface area contributed by atoms with Gasteiger partial charge in [0.15, 0.2) is 0 Å². The molecule has 14 heavy (non-hydrogen) atoms. The minimum Gasteiger partial charge on any atom is -0.492 e. The van der Waals surface area contributed by atoms with Crippen LogP contribution in [-0.2, 0) is 6.42 Å². The van der Waals surface area contributed by atoms with Crippen LogP contribution in [0, 0.1) is 6.92 Å². The summed E-state index contributed by atoms with van der Waals surface area (Å²) < 4.78 is 5.49. The predicted octanol–water partition coefficient (Wildman–Crippen LogP) is 2.79. The normalized spacial score (nSPS) is 14.4. The molecular weight excluding hydrogens is 200 g/mol. The Balaban J connectivity index is 2.64. The molecule has 1 heterocycles. The lowest BCUT2D eigenvalue weighted by Crippen LogP contribution is -2.11. The van der Waals surface area contributed by atoms with E-state index in [0.717, 1.165) is 36.0 Å². The summed E-state index contributed by atoms with van der Waals surface area (Å²) in [5, 5.41) is 0.549. The van der Waals surface area contributed by atoms with Crippen LogP contribution < -0.4 is 4.74 Å². The highest BCUT2D eigenvalue weighted by molar-refractivity contribution is 6.32. The first-order valence-corrected chi connectivity index (χ1v) is 5.02. The second-order valence-corrected chi connectivity index (χ2v) is 3.86. The van der Waals surface area contributed by atoms with Gasteiger partial charge in [-0.2, -0.15) is 0 Å². The summed E-state index contributed by atoms with van der Waals surface area (Å²) in [6.07, 6.45) is 2.78. The molecule has 3 heteroatoms. The summed E-state index contributed by atoms with van der Waals surface area (Å²) in [7, 11) is 0. The minimum atomic E-state index is 0.549. The number of halogens is 1. The van der Waals surface area contributed by atoms with Crippen LogP contribution in [-0.4, -0.2) is 12.9 Å². The molecule has 0 bridgehead atoms. The van der Waals surface area contributed by atoms with Crippen LogP contribution in [0.15, 0.2) is 6.07 Å². The minimum absolute atomic E-state index is 0.549. The molecule has 0 aromatic heterocycles. The number of rotatable bonds is 1. The van der Waals surface area contributed by atoms with Crippen molar-refractivity contribution < 1.29 is 9.53 Å². The molecule has 0 atom stereocenters. The lowest BCUT2D eigenvalue weighted by atomic mass is 9.97. The van der Waals surface area contributed by atoms with Crippen molar-refractivity contribution in [3.8, 4) is 5.75 Å². The maximum atomic E-state index is 10.8. The van der Waals surface area contributed by atoms with Gasteiger partial charge in [-0.05, 0) is 37.0 Å². The van der Waals surface area contributed by atoms with Gasteiger partial charge in [-0.1, -0.05) is 11.6 Å². The Morgan fingerprint density at radius 1 is 1.57 bits per heavy atom. The van der Waals surface area contributed by atoms with Gasteiger partial charge in [0.1, 0.15) is 12.0 Å². The van der Waals surface area contributed by atoms with Crippen LogP contribution in [0.2, 0.25) is 5.02 Å². The standard InChI is InChI=1S/C11H11ClO2/c1-7-8(6-13)5-10(12)11-9(7)3-2-4-14-11/h5-6H,2-4H2,1H3. The van der Waals surface area contributed by atoms with Crippen LogP contribution >= 0.6 is 11.6 Å². The number of carbonyl (C=O) groups is 1. The van der Waals surface area contributed by atoms with Crippen LogP contribution in [0.3, 0.4) is 0 Å². The summed E-state index contributed by atoms with van der Waals surface area (Å²) >= 11 is 6.01. The number of hydrogen-bond donors (Lipinski definition) is 0. The Morgan fingerprint density at radius 3 is 3.07 bits per heavy atom. The fraction of sp³-hybridized carbons (Fsp3) is 0.364. The molecule has 2 nitrogen and oxygen atoms in total. The number of aldehydes is 1. The summed E-state index contributed by atoms with van der Waals surface area (Å²) in [6.45, 7) is 2.65. The second-order valence-electron chi connectivity index (χ2n) is 3.45. The van der Waals surface area contributed by atoms with E-state index in [0.29, 0.717) is 17.2 Å². The van der Waals surface area contributed by atoms with E-state index in [1.807, 2.05) is 6.92 Å². The molecule has 1 aliphatic rings. The SMILES string of the molecule is Cc1c(C=O)cc(Cl)c2c1CCCO2. The number of hydrogen-bond acceptors (Lipinski definition) is 2. The van der Waals surface area contributed by atoms with E-state index in [2.05, 4.69) is 0 Å². The molecule has 0 radical (unpaired) electrons. The second kappa shape index (κ2) is 3.62. The highest BCUT2D eigenvalue weighted by Crippen LogP contribution is 2.36. The van der Waals surface area contributed by atoms with Gasteiger partial charge in [0.25, 0.3) is 0 Å². The summed E-state index contributed by atoms with van der Waals surface area (Å²) in [5.74, 6) is 0.765. The van der Waals surface area contributed by atoms with E-state index in [1.165, 1.54) is 0 Å². The van der Waals surface area contributed by atoms with Crippen molar-refractivity contribution in [1.82, 2.24) is 0 Å². The first-order chi connectivity index (χ1) is 6.74. The average molecular weight is 211 g/mol. The van der Waals surface area contributed by atoms with Crippen molar-refractivity contribution in [2.24, 2.45) is 0 Å². The molecule has 1 aromatic rings. The molecule has 1 aromatic carbocycles.